The molecular formula is C17H29N3O. The molecule has 0 atom stereocenters. The Morgan fingerprint density at radius 2 is 1.90 bits per heavy atom. The zero-order valence-corrected chi connectivity index (χ0v) is 13.7. The molecule has 0 aromatic rings. The molecule has 1 aliphatic heterocycles. The van der Waals surface area contributed by atoms with E-state index in [1.165, 1.54) is 0 Å². The van der Waals surface area contributed by atoms with E-state index in [-0.39, 0.29) is 5.91 Å². The molecule has 0 aromatic heterocycles. The molecule has 4 nitrogen and oxygen atoms in total. The number of hydrogen-bond donors (Lipinski definition) is 0. The predicted molar refractivity (Wildman–Crippen MR) is 89.3 cm³/mol. The quantitative estimate of drug-likeness (QED) is 0.669. The average molecular weight is 291 g/mol. The van der Waals surface area contributed by atoms with Crippen LogP contribution in [0.2, 0.25) is 0 Å². The number of carbonyl (C=O) groups is 1. The SMILES string of the molecule is C=C/C(C)=C\C=C/CC(=O)N1CCN(CCN(C)C)CC1. The molecule has 21 heavy (non-hydrogen) atoms. The Hall–Kier alpha value is -1.39. The zero-order valence-electron chi connectivity index (χ0n) is 13.7. The summed E-state index contributed by atoms with van der Waals surface area (Å²) < 4.78 is 0. The molecule has 0 saturated carbocycles. The van der Waals surface area contributed by atoms with Gasteiger partial charge in [-0.2, -0.15) is 0 Å². The van der Waals surface area contributed by atoms with Gasteiger partial charge >= 0.3 is 0 Å². The minimum atomic E-state index is 0.225. The van der Waals surface area contributed by atoms with Crippen molar-refractivity contribution in [1.29, 1.82) is 0 Å². The van der Waals surface area contributed by atoms with Gasteiger partial charge in [-0.3, -0.25) is 9.69 Å². The molecule has 0 aromatic carbocycles. The van der Waals surface area contributed by atoms with Crippen molar-refractivity contribution in [2.75, 3.05) is 53.4 Å². The van der Waals surface area contributed by atoms with Crippen molar-refractivity contribution in [2.24, 2.45) is 0 Å². The summed E-state index contributed by atoms with van der Waals surface area (Å²) >= 11 is 0. The first-order valence-electron chi connectivity index (χ1n) is 7.63. The van der Waals surface area contributed by atoms with E-state index in [1.807, 2.05) is 30.1 Å². The third-order valence-electron chi connectivity index (χ3n) is 3.70. The van der Waals surface area contributed by atoms with Crippen molar-refractivity contribution in [2.45, 2.75) is 13.3 Å². The molecule has 0 spiro atoms. The average Bonchev–Trinajstić information content (AvgIpc) is 2.49. The summed E-state index contributed by atoms with van der Waals surface area (Å²) in [6.07, 6.45) is 8.12. The number of piperazine rings is 1. The summed E-state index contributed by atoms with van der Waals surface area (Å²) in [4.78, 5) is 18.7. The van der Waals surface area contributed by atoms with Crippen LogP contribution in [0.25, 0.3) is 0 Å². The van der Waals surface area contributed by atoms with E-state index in [1.54, 1.807) is 6.08 Å². The molecule has 1 rings (SSSR count). The van der Waals surface area contributed by atoms with Crippen LogP contribution in [0.5, 0.6) is 0 Å². The molecule has 1 fully saturated rings. The second-order valence-corrected chi connectivity index (χ2v) is 5.77. The maximum Gasteiger partial charge on any atom is 0.226 e. The number of nitrogens with zero attached hydrogens (tertiary/aromatic N) is 3. The number of amides is 1. The van der Waals surface area contributed by atoms with E-state index in [0.29, 0.717) is 6.42 Å². The van der Waals surface area contributed by atoms with Crippen molar-refractivity contribution in [3.05, 3.63) is 36.5 Å². The van der Waals surface area contributed by atoms with E-state index in [2.05, 4.69) is 30.5 Å². The molecule has 0 N–H and O–H groups in total. The van der Waals surface area contributed by atoms with Gasteiger partial charge in [-0.25, -0.2) is 0 Å². The van der Waals surface area contributed by atoms with Gasteiger partial charge in [0.05, 0.1) is 0 Å². The lowest BCUT2D eigenvalue weighted by atomic mass is 10.2. The largest absolute Gasteiger partial charge is 0.340 e. The smallest absolute Gasteiger partial charge is 0.226 e. The van der Waals surface area contributed by atoms with Gasteiger partial charge in [0.2, 0.25) is 5.91 Å². The minimum absolute atomic E-state index is 0.225. The highest BCUT2D eigenvalue weighted by Crippen LogP contribution is 2.04. The number of rotatable bonds is 7. The highest BCUT2D eigenvalue weighted by molar-refractivity contribution is 5.77. The molecule has 0 unspecified atom stereocenters. The van der Waals surface area contributed by atoms with Crippen LogP contribution < -0.4 is 0 Å². The van der Waals surface area contributed by atoms with Crippen LogP contribution in [0, 0.1) is 0 Å². The number of hydrogen-bond acceptors (Lipinski definition) is 3. The van der Waals surface area contributed by atoms with Crippen molar-refractivity contribution in [3.8, 4) is 0 Å². The molecule has 1 heterocycles. The Kier molecular flexibility index (Phi) is 8.01. The Balaban J connectivity index is 2.27. The minimum Gasteiger partial charge on any atom is -0.340 e. The monoisotopic (exact) mass is 291 g/mol. The maximum absolute atomic E-state index is 12.1. The lowest BCUT2D eigenvalue weighted by Gasteiger charge is -2.35. The fraction of sp³-hybridized carbons (Fsp3) is 0.588. The Morgan fingerprint density at radius 3 is 2.48 bits per heavy atom. The second-order valence-electron chi connectivity index (χ2n) is 5.77. The van der Waals surface area contributed by atoms with Gasteiger partial charge in [0.25, 0.3) is 0 Å². The number of likely N-dealkylation sites (N-methyl/N-ethyl adjacent to an activating group) is 1. The molecule has 0 bridgehead atoms. The highest BCUT2D eigenvalue weighted by atomic mass is 16.2. The van der Waals surface area contributed by atoms with Crippen molar-refractivity contribution in [3.63, 3.8) is 0 Å². The van der Waals surface area contributed by atoms with E-state index >= 15 is 0 Å². The molecule has 0 radical (unpaired) electrons. The number of allylic oxidation sites excluding steroid dienone is 4. The third-order valence-corrected chi connectivity index (χ3v) is 3.70. The highest BCUT2D eigenvalue weighted by Gasteiger charge is 2.19. The van der Waals surface area contributed by atoms with Crippen LogP contribution in [0.3, 0.4) is 0 Å². The molecule has 1 amide bonds. The van der Waals surface area contributed by atoms with Gasteiger partial charge in [-0.15, -0.1) is 0 Å². The van der Waals surface area contributed by atoms with E-state index in [9.17, 15) is 4.79 Å². The van der Waals surface area contributed by atoms with Crippen LogP contribution in [0.15, 0.2) is 36.5 Å². The molecule has 118 valence electrons. The lowest BCUT2D eigenvalue weighted by molar-refractivity contribution is -0.132. The standard InChI is InChI=1S/C17H29N3O/c1-5-16(2)8-6-7-9-17(21)20-14-12-19(13-15-20)11-10-18(3)4/h5-8H,1,9-15H2,2-4H3/b7-6-,16-8-. The summed E-state index contributed by atoms with van der Waals surface area (Å²) in [5.74, 6) is 0.225. The normalized spacial score (nSPS) is 17.7. The summed E-state index contributed by atoms with van der Waals surface area (Å²) in [5, 5.41) is 0. The molecule has 1 saturated heterocycles. The maximum atomic E-state index is 12.1. The lowest BCUT2D eigenvalue weighted by Crippen LogP contribution is -2.49. The van der Waals surface area contributed by atoms with Gasteiger partial charge in [-0.1, -0.05) is 36.5 Å². The first-order valence-corrected chi connectivity index (χ1v) is 7.63. The van der Waals surface area contributed by atoms with Crippen LogP contribution in [0.1, 0.15) is 13.3 Å². The van der Waals surface area contributed by atoms with Gasteiger partial charge in [0.15, 0.2) is 0 Å². The van der Waals surface area contributed by atoms with Crippen LogP contribution in [0.4, 0.5) is 0 Å². The fourth-order valence-corrected chi connectivity index (χ4v) is 2.15. The van der Waals surface area contributed by atoms with Gasteiger partial charge < -0.3 is 9.80 Å². The summed E-state index contributed by atoms with van der Waals surface area (Å²) in [6.45, 7) is 11.5. The van der Waals surface area contributed by atoms with Crippen LogP contribution in [-0.4, -0.2) is 74.0 Å². The first kappa shape index (κ1) is 17.7. The summed E-state index contributed by atoms with van der Waals surface area (Å²) in [7, 11) is 4.18. The van der Waals surface area contributed by atoms with Gasteiger partial charge in [-0.05, 0) is 21.0 Å². The van der Waals surface area contributed by atoms with Crippen molar-refractivity contribution < 1.29 is 4.79 Å². The third kappa shape index (κ3) is 7.25. The Bertz CT molecular complexity index is 391. The molecule has 0 aliphatic carbocycles. The zero-order chi connectivity index (χ0) is 15.7. The van der Waals surface area contributed by atoms with E-state index in [4.69, 9.17) is 0 Å². The Labute approximate surface area is 129 Å². The topological polar surface area (TPSA) is 26.8 Å². The fourth-order valence-electron chi connectivity index (χ4n) is 2.15. The molecular weight excluding hydrogens is 262 g/mol. The first-order chi connectivity index (χ1) is 10.0. The summed E-state index contributed by atoms with van der Waals surface area (Å²) in [6, 6.07) is 0. The van der Waals surface area contributed by atoms with E-state index in [0.717, 1.165) is 44.8 Å². The van der Waals surface area contributed by atoms with Crippen molar-refractivity contribution >= 4 is 5.91 Å². The second kappa shape index (κ2) is 9.53. The van der Waals surface area contributed by atoms with Crippen LogP contribution >= 0.6 is 0 Å². The Morgan fingerprint density at radius 1 is 1.24 bits per heavy atom. The van der Waals surface area contributed by atoms with E-state index < -0.39 is 0 Å². The van der Waals surface area contributed by atoms with Crippen LogP contribution in [-0.2, 0) is 4.79 Å². The number of carbonyl (C=O) groups excluding carboxylic acids is 1. The molecule has 1 aliphatic rings. The van der Waals surface area contributed by atoms with Crippen molar-refractivity contribution in [1.82, 2.24) is 14.7 Å². The van der Waals surface area contributed by atoms with Gasteiger partial charge in [0, 0.05) is 45.7 Å². The predicted octanol–water partition coefficient (Wildman–Crippen LogP) is 1.77. The van der Waals surface area contributed by atoms with Gasteiger partial charge in [0.1, 0.15) is 0 Å². The molecule has 4 heteroatoms. The summed E-state index contributed by atoms with van der Waals surface area (Å²) in [5.41, 5.74) is 1.10.